The number of benzene rings is 1. The Morgan fingerprint density at radius 1 is 1.19 bits per heavy atom. The van der Waals surface area contributed by atoms with E-state index in [1.54, 1.807) is 31.2 Å². The molecule has 142 valence electrons. The Labute approximate surface area is 158 Å². The lowest BCUT2D eigenvalue weighted by Gasteiger charge is -2.34. The molecule has 1 atom stereocenters. The Bertz CT molecular complexity index is 848. The molecule has 1 aliphatic heterocycles. The Hall–Kier alpha value is -2.89. The van der Waals surface area contributed by atoms with Crippen molar-refractivity contribution in [3.05, 3.63) is 52.4 Å². The first-order valence-corrected chi connectivity index (χ1v) is 9.12. The number of hydrogen-bond donors (Lipinski definition) is 1. The molecule has 1 aromatic rings. The van der Waals surface area contributed by atoms with Gasteiger partial charge >= 0.3 is 11.9 Å². The van der Waals surface area contributed by atoms with Gasteiger partial charge in [-0.05, 0) is 44.4 Å². The number of allylic oxidation sites excluding steroid dienone is 3. The molecule has 1 aliphatic carbocycles. The molecule has 2 aliphatic rings. The smallest absolute Gasteiger partial charge is 0.336 e. The van der Waals surface area contributed by atoms with Crippen LogP contribution in [-0.4, -0.2) is 24.3 Å². The highest BCUT2D eigenvalue weighted by atomic mass is 16.5. The molecular weight excluding hydrogens is 346 g/mol. The summed E-state index contributed by atoms with van der Waals surface area (Å²) in [7, 11) is 0. The second-order valence-electron chi connectivity index (χ2n) is 6.65. The van der Waals surface area contributed by atoms with E-state index in [0.717, 1.165) is 24.1 Å². The first kappa shape index (κ1) is 18.9. The number of carbonyl (C=O) groups excluding carboxylic acids is 3. The van der Waals surface area contributed by atoms with Gasteiger partial charge in [0.05, 0.1) is 12.2 Å². The standard InChI is InChI=1S/C21H23NO5/c1-4-26-21(25)18-12(2)22-16-6-5-7-17(24)20(16)19(18)14-8-10-15(11-9-14)27-13(3)23/h8-11,19,22H,4-7H2,1-3H3/t19-/m1/s1. The molecule has 6 nitrogen and oxygen atoms in total. The van der Waals surface area contributed by atoms with E-state index in [4.69, 9.17) is 9.47 Å². The summed E-state index contributed by atoms with van der Waals surface area (Å²) in [4.78, 5) is 36.5. The van der Waals surface area contributed by atoms with Crippen LogP contribution in [0.2, 0.25) is 0 Å². The van der Waals surface area contributed by atoms with Crippen molar-refractivity contribution in [3.8, 4) is 5.75 Å². The van der Waals surface area contributed by atoms with E-state index >= 15 is 0 Å². The van der Waals surface area contributed by atoms with Crippen LogP contribution in [0.15, 0.2) is 46.8 Å². The van der Waals surface area contributed by atoms with Gasteiger partial charge in [0, 0.05) is 36.2 Å². The molecule has 3 rings (SSSR count). The second kappa shape index (κ2) is 7.78. The lowest BCUT2D eigenvalue weighted by Crippen LogP contribution is -2.34. The lowest BCUT2D eigenvalue weighted by molar-refractivity contribution is -0.139. The van der Waals surface area contributed by atoms with Gasteiger partial charge in [-0.25, -0.2) is 4.79 Å². The van der Waals surface area contributed by atoms with E-state index in [0.29, 0.717) is 29.0 Å². The third-order valence-electron chi connectivity index (χ3n) is 4.75. The van der Waals surface area contributed by atoms with Crippen LogP contribution in [0, 0.1) is 0 Å². The minimum atomic E-state index is -0.487. The number of rotatable bonds is 4. The quantitative estimate of drug-likeness (QED) is 0.649. The molecule has 0 saturated carbocycles. The zero-order chi connectivity index (χ0) is 19.6. The summed E-state index contributed by atoms with van der Waals surface area (Å²) in [6, 6.07) is 6.91. The highest BCUT2D eigenvalue weighted by molar-refractivity contribution is 6.03. The van der Waals surface area contributed by atoms with Gasteiger partial charge in [-0.2, -0.15) is 0 Å². The minimum absolute atomic E-state index is 0.0483. The summed E-state index contributed by atoms with van der Waals surface area (Å²) in [6.07, 6.45) is 2.04. The van der Waals surface area contributed by atoms with Crippen LogP contribution in [0.5, 0.6) is 5.75 Å². The molecule has 27 heavy (non-hydrogen) atoms. The number of dihydropyridines is 1. The van der Waals surface area contributed by atoms with Gasteiger partial charge in [-0.1, -0.05) is 12.1 Å². The van der Waals surface area contributed by atoms with Crippen molar-refractivity contribution in [1.29, 1.82) is 0 Å². The number of ketones is 1. The van der Waals surface area contributed by atoms with Crippen molar-refractivity contribution in [3.63, 3.8) is 0 Å². The minimum Gasteiger partial charge on any atom is -0.463 e. The van der Waals surface area contributed by atoms with Gasteiger partial charge in [0.2, 0.25) is 0 Å². The molecule has 0 amide bonds. The maximum absolute atomic E-state index is 12.7. The third kappa shape index (κ3) is 3.79. The third-order valence-corrected chi connectivity index (χ3v) is 4.75. The summed E-state index contributed by atoms with van der Waals surface area (Å²) < 4.78 is 10.3. The summed E-state index contributed by atoms with van der Waals surface area (Å²) in [5.74, 6) is -0.851. The molecule has 1 N–H and O–H groups in total. The average Bonchev–Trinajstić information content (AvgIpc) is 2.61. The van der Waals surface area contributed by atoms with Crippen LogP contribution in [0.1, 0.15) is 51.5 Å². The van der Waals surface area contributed by atoms with E-state index in [1.807, 2.05) is 6.92 Å². The number of esters is 2. The zero-order valence-corrected chi connectivity index (χ0v) is 15.8. The fraction of sp³-hybridized carbons (Fsp3) is 0.381. The molecule has 0 unspecified atom stereocenters. The molecule has 1 heterocycles. The number of ether oxygens (including phenoxy) is 2. The Morgan fingerprint density at radius 2 is 1.89 bits per heavy atom. The van der Waals surface area contributed by atoms with Crippen molar-refractivity contribution in [2.45, 2.75) is 46.0 Å². The normalized spacial score (nSPS) is 19.4. The topological polar surface area (TPSA) is 81.7 Å². The van der Waals surface area contributed by atoms with Crippen molar-refractivity contribution in [2.75, 3.05) is 6.61 Å². The highest BCUT2D eigenvalue weighted by Gasteiger charge is 2.38. The van der Waals surface area contributed by atoms with Crippen LogP contribution >= 0.6 is 0 Å². The van der Waals surface area contributed by atoms with Crippen molar-refractivity contribution >= 4 is 17.7 Å². The molecular formula is C21H23NO5. The fourth-order valence-electron chi connectivity index (χ4n) is 3.69. The number of hydrogen-bond acceptors (Lipinski definition) is 6. The van der Waals surface area contributed by atoms with Crippen LogP contribution in [0.4, 0.5) is 0 Å². The number of carbonyl (C=O) groups is 3. The predicted octanol–water partition coefficient (Wildman–Crippen LogP) is 3.14. The first-order chi connectivity index (χ1) is 12.9. The summed E-state index contributed by atoms with van der Waals surface area (Å²) >= 11 is 0. The Morgan fingerprint density at radius 3 is 2.52 bits per heavy atom. The van der Waals surface area contributed by atoms with Gasteiger partial charge in [-0.3, -0.25) is 9.59 Å². The largest absolute Gasteiger partial charge is 0.463 e. The molecule has 0 fully saturated rings. The van der Waals surface area contributed by atoms with Gasteiger partial charge < -0.3 is 14.8 Å². The molecule has 0 bridgehead atoms. The molecule has 6 heteroatoms. The predicted molar refractivity (Wildman–Crippen MR) is 98.8 cm³/mol. The molecule has 0 aromatic heterocycles. The Balaban J connectivity index is 2.08. The van der Waals surface area contributed by atoms with E-state index in [1.165, 1.54) is 6.92 Å². The summed E-state index contributed by atoms with van der Waals surface area (Å²) in [5.41, 5.74) is 3.46. The lowest BCUT2D eigenvalue weighted by atomic mass is 9.75. The number of Topliss-reactive ketones (excluding diaryl/α,β-unsaturated/α-hetero) is 1. The fourth-order valence-corrected chi connectivity index (χ4v) is 3.69. The van der Waals surface area contributed by atoms with Crippen LogP contribution in [-0.2, 0) is 19.1 Å². The van der Waals surface area contributed by atoms with Crippen LogP contribution in [0.25, 0.3) is 0 Å². The van der Waals surface area contributed by atoms with Crippen LogP contribution < -0.4 is 10.1 Å². The second-order valence-corrected chi connectivity index (χ2v) is 6.65. The number of nitrogens with one attached hydrogen (secondary N) is 1. The molecule has 0 saturated heterocycles. The monoisotopic (exact) mass is 369 g/mol. The zero-order valence-electron chi connectivity index (χ0n) is 15.8. The van der Waals surface area contributed by atoms with Gasteiger partial charge in [0.25, 0.3) is 0 Å². The van der Waals surface area contributed by atoms with Gasteiger partial charge in [0.1, 0.15) is 5.75 Å². The average molecular weight is 369 g/mol. The highest BCUT2D eigenvalue weighted by Crippen LogP contribution is 2.42. The SMILES string of the molecule is CCOC(=O)C1=C(C)NC2=C(C(=O)CCC2)[C@@H]1c1ccc(OC(C)=O)cc1. The summed E-state index contributed by atoms with van der Waals surface area (Å²) in [5, 5.41) is 3.24. The Kier molecular flexibility index (Phi) is 5.44. The van der Waals surface area contributed by atoms with E-state index < -0.39 is 17.9 Å². The van der Waals surface area contributed by atoms with Crippen molar-refractivity contribution in [2.24, 2.45) is 0 Å². The van der Waals surface area contributed by atoms with E-state index in [9.17, 15) is 14.4 Å². The molecule has 0 spiro atoms. The van der Waals surface area contributed by atoms with Crippen molar-refractivity contribution < 1.29 is 23.9 Å². The van der Waals surface area contributed by atoms with E-state index in [-0.39, 0.29) is 12.4 Å². The van der Waals surface area contributed by atoms with Crippen molar-refractivity contribution in [1.82, 2.24) is 5.32 Å². The van der Waals surface area contributed by atoms with E-state index in [2.05, 4.69) is 5.32 Å². The molecule has 0 radical (unpaired) electrons. The van der Waals surface area contributed by atoms with Crippen LogP contribution in [0.3, 0.4) is 0 Å². The maximum Gasteiger partial charge on any atom is 0.336 e. The molecule has 1 aromatic carbocycles. The maximum atomic E-state index is 12.7. The van der Waals surface area contributed by atoms with Gasteiger partial charge in [-0.15, -0.1) is 0 Å². The van der Waals surface area contributed by atoms with Gasteiger partial charge in [0.15, 0.2) is 5.78 Å². The summed E-state index contributed by atoms with van der Waals surface area (Å²) in [6.45, 7) is 5.18. The first-order valence-electron chi connectivity index (χ1n) is 9.12.